The van der Waals surface area contributed by atoms with Crippen LogP contribution in [0.5, 0.6) is 0 Å². The van der Waals surface area contributed by atoms with Crippen LogP contribution in [-0.2, 0) is 4.74 Å². The number of aromatic nitrogens is 2. The minimum atomic E-state index is -0.806. The van der Waals surface area contributed by atoms with Gasteiger partial charge in [0.1, 0.15) is 11.4 Å². The van der Waals surface area contributed by atoms with Crippen molar-refractivity contribution in [3.8, 4) is 0 Å². The van der Waals surface area contributed by atoms with Crippen LogP contribution < -0.4 is 11.3 Å². The van der Waals surface area contributed by atoms with Gasteiger partial charge in [-0.15, -0.1) is 0 Å². The Morgan fingerprint density at radius 1 is 1.21 bits per heavy atom. The molecule has 0 aliphatic carbocycles. The number of cyclic esters (lactones) is 1. The first kappa shape index (κ1) is 11.7. The van der Waals surface area contributed by atoms with E-state index in [1.54, 1.807) is 24.3 Å². The Labute approximate surface area is 112 Å². The summed E-state index contributed by atoms with van der Waals surface area (Å²) in [6, 6.07) is 6.87. The molecule has 1 aliphatic rings. The number of nitrogen functional groups attached to an aromatic ring is 1. The molecule has 7 heteroatoms. The molecule has 2 heterocycles. The third kappa shape index (κ3) is 1.75. The van der Waals surface area contributed by atoms with Crippen molar-refractivity contribution in [2.75, 3.05) is 5.73 Å². The average molecular weight is 275 g/mol. The summed E-state index contributed by atoms with van der Waals surface area (Å²) in [5.74, 6) is -0.370. The molecule has 19 heavy (non-hydrogen) atoms. The molecule has 1 atom stereocenters. The molecule has 1 aromatic carbocycles. The van der Waals surface area contributed by atoms with Crippen LogP contribution in [0, 0.1) is 4.77 Å². The van der Waals surface area contributed by atoms with Crippen molar-refractivity contribution in [2.45, 2.75) is 6.10 Å². The molecule has 1 aliphatic heterocycles. The van der Waals surface area contributed by atoms with Gasteiger partial charge in [0.05, 0.1) is 5.56 Å². The maximum Gasteiger partial charge on any atom is 0.339 e. The van der Waals surface area contributed by atoms with Crippen molar-refractivity contribution >= 4 is 24.0 Å². The predicted octanol–water partition coefficient (Wildman–Crippen LogP) is 1.27. The van der Waals surface area contributed by atoms with Crippen LogP contribution in [0.1, 0.15) is 27.6 Å². The number of rotatable bonds is 1. The minimum Gasteiger partial charge on any atom is -0.449 e. The van der Waals surface area contributed by atoms with E-state index < -0.39 is 17.6 Å². The molecule has 3 rings (SSSR count). The van der Waals surface area contributed by atoms with Crippen LogP contribution in [0.3, 0.4) is 0 Å². The summed E-state index contributed by atoms with van der Waals surface area (Å²) in [5, 5.41) is 0. The molecule has 1 aromatic heterocycles. The molecule has 1 unspecified atom stereocenters. The summed E-state index contributed by atoms with van der Waals surface area (Å²) >= 11 is 4.82. The second-order valence-electron chi connectivity index (χ2n) is 4.11. The zero-order valence-electron chi connectivity index (χ0n) is 9.60. The second-order valence-corrected chi connectivity index (χ2v) is 4.52. The fraction of sp³-hybridized carbons (Fsp3) is 0.0833. The number of aromatic amines is 2. The maximum atomic E-state index is 12.0. The lowest BCUT2D eigenvalue weighted by molar-refractivity contribution is 0.0454. The molecule has 0 bridgehead atoms. The van der Waals surface area contributed by atoms with Gasteiger partial charge in [0.15, 0.2) is 10.9 Å². The van der Waals surface area contributed by atoms with Crippen molar-refractivity contribution in [3.05, 3.63) is 56.1 Å². The molecule has 4 N–H and O–H groups in total. The van der Waals surface area contributed by atoms with Gasteiger partial charge in [-0.25, -0.2) is 4.79 Å². The van der Waals surface area contributed by atoms with Gasteiger partial charge in [-0.3, -0.25) is 9.78 Å². The van der Waals surface area contributed by atoms with Gasteiger partial charge in [0, 0.05) is 5.56 Å². The SMILES string of the molecule is Nc1[nH]c(=S)[nH]c(=O)c1C1OC(=O)c2ccccc21. The van der Waals surface area contributed by atoms with E-state index >= 15 is 0 Å². The molecule has 0 spiro atoms. The van der Waals surface area contributed by atoms with E-state index in [0.717, 1.165) is 0 Å². The molecule has 0 radical (unpaired) electrons. The number of benzene rings is 1. The van der Waals surface area contributed by atoms with Crippen molar-refractivity contribution in [2.24, 2.45) is 0 Å². The highest BCUT2D eigenvalue weighted by atomic mass is 32.1. The Bertz CT molecular complexity index is 793. The number of fused-ring (bicyclic) bond motifs is 1. The largest absolute Gasteiger partial charge is 0.449 e. The first-order valence-corrected chi connectivity index (χ1v) is 5.90. The fourth-order valence-corrected chi connectivity index (χ4v) is 2.34. The number of hydrogen-bond acceptors (Lipinski definition) is 5. The molecular weight excluding hydrogens is 266 g/mol. The van der Waals surface area contributed by atoms with Crippen molar-refractivity contribution in [1.82, 2.24) is 9.97 Å². The Hall–Kier alpha value is -2.41. The third-order valence-electron chi connectivity index (χ3n) is 2.96. The molecular formula is C12H9N3O3S. The zero-order valence-corrected chi connectivity index (χ0v) is 10.4. The summed E-state index contributed by atoms with van der Waals surface area (Å²) in [6.07, 6.45) is -0.806. The first-order chi connectivity index (χ1) is 9.08. The fourth-order valence-electron chi connectivity index (χ4n) is 2.13. The summed E-state index contributed by atoms with van der Waals surface area (Å²) in [5.41, 5.74) is 6.53. The lowest BCUT2D eigenvalue weighted by Crippen LogP contribution is -2.21. The highest BCUT2D eigenvalue weighted by Gasteiger charge is 2.34. The molecule has 6 nitrogen and oxygen atoms in total. The lowest BCUT2D eigenvalue weighted by atomic mass is 10.0. The Balaban J connectivity index is 2.24. The van der Waals surface area contributed by atoms with E-state index in [9.17, 15) is 9.59 Å². The van der Waals surface area contributed by atoms with Crippen LogP contribution >= 0.6 is 12.2 Å². The normalized spacial score (nSPS) is 17.1. The number of esters is 1. The van der Waals surface area contributed by atoms with Crippen molar-refractivity contribution in [1.29, 1.82) is 0 Å². The molecule has 0 amide bonds. The van der Waals surface area contributed by atoms with Crippen LogP contribution in [0.25, 0.3) is 0 Å². The Kier molecular flexibility index (Phi) is 2.49. The van der Waals surface area contributed by atoms with Crippen LogP contribution in [-0.4, -0.2) is 15.9 Å². The number of nitrogens with two attached hydrogens (primary N) is 1. The molecule has 0 fully saturated rings. The number of anilines is 1. The summed E-state index contributed by atoms with van der Waals surface area (Å²) < 4.78 is 5.35. The summed E-state index contributed by atoms with van der Waals surface area (Å²) in [4.78, 5) is 28.8. The van der Waals surface area contributed by atoms with Gasteiger partial charge in [0.25, 0.3) is 5.56 Å². The third-order valence-corrected chi connectivity index (χ3v) is 3.16. The number of nitrogens with one attached hydrogen (secondary N) is 2. The molecule has 0 saturated carbocycles. The zero-order chi connectivity index (χ0) is 13.6. The average Bonchev–Trinajstić information content (AvgIpc) is 2.67. The van der Waals surface area contributed by atoms with Gasteiger partial charge in [-0.1, -0.05) is 18.2 Å². The Morgan fingerprint density at radius 3 is 2.68 bits per heavy atom. The predicted molar refractivity (Wildman–Crippen MR) is 70.4 cm³/mol. The molecule has 96 valence electrons. The van der Waals surface area contributed by atoms with Gasteiger partial charge in [-0.2, -0.15) is 0 Å². The van der Waals surface area contributed by atoms with E-state index in [2.05, 4.69) is 9.97 Å². The number of carbonyl (C=O) groups excluding carboxylic acids is 1. The number of hydrogen-bond donors (Lipinski definition) is 3. The molecule has 2 aromatic rings. The summed E-state index contributed by atoms with van der Waals surface area (Å²) in [7, 11) is 0. The Morgan fingerprint density at radius 2 is 1.95 bits per heavy atom. The van der Waals surface area contributed by atoms with E-state index in [0.29, 0.717) is 11.1 Å². The van der Waals surface area contributed by atoms with Gasteiger partial charge in [0.2, 0.25) is 0 Å². The standard InChI is InChI=1S/C12H9N3O3S/c13-9-7(10(16)15-12(19)14-9)8-5-3-1-2-4-6(5)11(17)18-8/h1-4,8H,(H4,13,14,15,16,19). The highest BCUT2D eigenvalue weighted by molar-refractivity contribution is 7.71. The monoisotopic (exact) mass is 275 g/mol. The van der Waals surface area contributed by atoms with Gasteiger partial charge < -0.3 is 15.5 Å². The van der Waals surface area contributed by atoms with E-state index in [-0.39, 0.29) is 16.2 Å². The smallest absolute Gasteiger partial charge is 0.339 e. The van der Waals surface area contributed by atoms with Crippen molar-refractivity contribution < 1.29 is 9.53 Å². The van der Waals surface area contributed by atoms with Crippen LogP contribution in [0.15, 0.2) is 29.1 Å². The first-order valence-electron chi connectivity index (χ1n) is 5.50. The van der Waals surface area contributed by atoms with Gasteiger partial charge in [-0.05, 0) is 18.3 Å². The van der Waals surface area contributed by atoms with Gasteiger partial charge >= 0.3 is 5.97 Å². The number of ether oxygens (including phenoxy) is 1. The van der Waals surface area contributed by atoms with Crippen LogP contribution in [0.4, 0.5) is 5.82 Å². The topological polar surface area (TPSA) is 101 Å². The number of H-pyrrole nitrogens is 2. The second kappa shape index (κ2) is 4.06. The van der Waals surface area contributed by atoms with Crippen LogP contribution in [0.2, 0.25) is 0 Å². The van der Waals surface area contributed by atoms with E-state index in [1.165, 1.54) is 0 Å². The van der Waals surface area contributed by atoms with E-state index in [4.69, 9.17) is 22.7 Å². The summed E-state index contributed by atoms with van der Waals surface area (Å²) in [6.45, 7) is 0. The minimum absolute atomic E-state index is 0.100. The quantitative estimate of drug-likeness (QED) is 0.537. The highest BCUT2D eigenvalue weighted by Crippen LogP contribution is 2.35. The number of carbonyl (C=O) groups is 1. The van der Waals surface area contributed by atoms with E-state index in [1.807, 2.05) is 0 Å². The van der Waals surface area contributed by atoms with Crippen molar-refractivity contribution in [3.63, 3.8) is 0 Å². The molecule has 0 saturated heterocycles. The maximum absolute atomic E-state index is 12.0. The lowest BCUT2D eigenvalue weighted by Gasteiger charge is -2.11.